The molecule has 15 unspecified atom stereocenters. The number of benzene rings is 1. The fourth-order valence-electron chi connectivity index (χ4n) is 13.3. The maximum Gasteiger partial charge on any atom is 0.329 e. The second kappa shape index (κ2) is 29.3. The molecule has 15 atom stereocenters. The van der Waals surface area contributed by atoms with Crippen LogP contribution in [-0.4, -0.2) is 137 Å². The summed E-state index contributed by atoms with van der Waals surface area (Å²) in [6.45, 7) is 29.6. The number of hydrogen-bond donors (Lipinski definition) is 2. The molecule has 80 heavy (non-hydrogen) atoms. The Balaban J connectivity index is 1.63. The molecule has 14 nitrogen and oxygen atoms in total. The predicted molar refractivity (Wildman–Crippen MR) is 320 cm³/mol. The maximum atomic E-state index is 15.3. The maximum absolute atomic E-state index is 15.3. The average molecular weight is 1150 g/mol. The van der Waals surface area contributed by atoms with Crippen molar-refractivity contribution in [2.45, 2.75) is 263 Å². The number of aliphatic hydroxyl groups excluding tert-OH is 1. The van der Waals surface area contributed by atoms with Crippen molar-refractivity contribution in [1.82, 2.24) is 4.90 Å². The number of hydrogen-bond acceptors (Lipinski definition) is 13. The van der Waals surface area contributed by atoms with Crippen molar-refractivity contribution in [3.05, 3.63) is 59.2 Å². The van der Waals surface area contributed by atoms with Crippen LogP contribution >= 0.6 is 0 Å². The molecule has 1 saturated carbocycles. The summed E-state index contributed by atoms with van der Waals surface area (Å²) in [5.41, 5.74) is 2.08. The third-order valence-electron chi connectivity index (χ3n) is 19.7. The van der Waals surface area contributed by atoms with E-state index in [4.69, 9.17) is 32.5 Å². The van der Waals surface area contributed by atoms with Crippen LogP contribution in [-0.2, 0) is 51.7 Å². The molecule has 16 heteroatoms. The summed E-state index contributed by atoms with van der Waals surface area (Å²) < 4.78 is 46.7. The first-order chi connectivity index (χ1) is 37.6. The number of Topliss-reactive ketones (excluding diaryl/α,β-unsaturated/α-hetero) is 2. The van der Waals surface area contributed by atoms with Gasteiger partial charge in [-0.2, -0.15) is 0 Å². The number of cyclic esters (lactones) is 1. The van der Waals surface area contributed by atoms with Crippen LogP contribution in [0.5, 0.6) is 0 Å². The minimum Gasteiger partial charge on any atom is -0.456 e. The molecule has 2 N–H and O–H groups in total. The van der Waals surface area contributed by atoms with E-state index >= 15 is 4.79 Å². The van der Waals surface area contributed by atoms with E-state index in [1.165, 1.54) is 4.90 Å². The monoisotopic (exact) mass is 1150 g/mol. The number of rotatable bonds is 17. The molecule has 3 fully saturated rings. The summed E-state index contributed by atoms with van der Waals surface area (Å²) in [6, 6.07) is 11.6. The molecule has 5 rings (SSSR count). The van der Waals surface area contributed by atoms with Crippen LogP contribution in [0.1, 0.15) is 178 Å². The fourth-order valence-corrected chi connectivity index (χ4v) is 17.8. The molecule has 0 spiro atoms. The van der Waals surface area contributed by atoms with Crippen LogP contribution in [0, 0.1) is 29.6 Å². The third kappa shape index (κ3) is 16.1. The van der Waals surface area contributed by atoms with E-state index < -0.39 is 106 Å². The van der Waals surface area contributed by atoms with Gasteiger partial charge < -0.3 is 47.6 Å². The van der Waals surface area contributed by atoms with E-state index in [2.05, 4.69) is 73.7 Å². The molecule has 1 amide bonds. The molecule has 1 aromatic carbocycles. The number of nitrogens with zero attached hydrogens (tertiary/aromatic N) is 1. The normalized spacial score (nSPS) is 34.7. The molecule has 1 aliphatic carbocycles. The fraction of sp³-hybridized carbons (Fsp3) is 0.781. The van der Waals surface area contributed by atoms with Crippen LogP contribution < -0.4 is 0 Å². The number of aliphatic hydroxyl groups is 2. The molecular weight excluding hydrogens is 1050 g/mol. The van der Waals surface area contributed by atoms with Gasteiger partial charge in [0.2, 0.25) is 5.79 Å². The number of piperidine rings is 1. The Labute approximate surface area is 484 Å². The summed E-state index contributed by atoms with van der Waals surface area (Å²) in [4.78, 5) is 61.0. The first-order valence-electron chi connectivity index (χ1n) is 30.7. The molecule has 454 valence electrons. The highest BCUT2D eigenvalue weighted by atomic mass is 28.4. The Hall–Kier alpha value is -2.91. The molecule has 1 aromatic rings. The minimum absolute atomic E-state index is 0.0167. The Morgan fingerprint density at radius 1 is 0.875 bits per heavy atom. The van der Waals surface area contributed by atoms with E-state index in [0.717, 1.165) is 41.3 Å². The SMILES string of the molecule is CCC1/C=C(\C)CC(C)CC(OC)C2OC(O)(C(=O)C(=O)N3CCCCC3C(=O)OC(C(C)=CC3CCC(CCC(O)c4ccccc4)(O[Si](CC)(CC)CC)C(OC)C3)C(C)C(O[Si](C)(C)C(C)(C)C)CC1=O)C(C)CC2OC. The van der Waals surface area contributed by atoms with Crippen LogP contribution in [0.25, 0.3) is 0 Å². The zero-order chi connectivity index (χ0) is 59.5. The smallest absolute Gasteiger partial charge is 0.329 e. The van der Waals surface area contributed by atoms with Gasteiger partial charge in [0.05, 0.1) is 36.1 Å². The number of esters is 1. The van der Waals surface area contributed by atoms with Crippen molar-refractivity contribution in [3.63, 3.8) is 0 Å². The molecule has 2 saturated heterocycles. The van der Waals surface area contributed by atoms with Gasteiger partial charge in [0, 0.05) is 52.0 Å². The van der Waals surface area contributed by atoms with Gasteiger partial charge in [-0.15, -0.1) is 0 Å². The second-order valence-electron chi connectivity index (χ2n) is 26.2. The standard InChI is InChI=1S/C64H107NO13Si2/c1-18-48-36-42(5)35-43(6)37-54(72-13)58-55(73-14)39-45(8)64(71,76-58)59(68)60(69)65-34-26-25-29-50(65)61(70)75-57(46(9)53(41-52(48)67)77-79(16,17)62(10,11)12)44(7)38-47-30-32-63(56(40-47)74-15,78-80(19-2,20-3)21-4)33-31-51(66)49-27-23-22-24-28-49/h22-24,27-28,36,38,43,45-48,50-51,53-58,66,71H,18-21,25-26,29-35,37,39-41H2,1-17H3/b42-36+,44-38?. The summed E-state index contributed by atoms with van der Waals surface area (Å²) in [6.07, 6.45) is 6.39. The third-order valence-corrected chi connectivity index (χ3v) is 28.9. The number of ether oxygens (including phenoxy) is 5. The Bertz CT molecular complexity index is 2240. The second-order valence-corrected chi connectivity index (χ2v) is 35.7. The van der Waals surface area contributed by atoms with E-state index in [1.807, 2.05) is 58.0 Å². The first-order valence-corrected chi connectivity index (χ1v) is 36.1. The Morgan fingerprint density at radius 3 is 2.10 bits per heavy atom. The number of allylic oxidation sites excluding steroid dienone is 3. The lowest BCUT2D eigenvalue weighted by Crippen LogP contribution is -2.64. The topological polar surface area (TPSA) is 177 Å². The van der Waals surface area contributed by atoms with Crippen LogP contribution in [0.4, 0.5) is 0 Å². The van der Waals surface area contributed by atoms with Crippen molar-refractivity contribution >= 4 is 40.1 Å². The summed E-state index contributed by atoms with van der Waals surface area (Å²) >= 11 is 0. The van der Waals surface area contributed by atoms with Crippen molar-refractivity contribution < 1.29 is 61.9 Å². The largest absolute Gasteiger partial charge is 0.456 e. The van der Waals surface area contributed by atoms with Crippen LogP contribution in [0.2, 0.25) is 36.3 Å². The number of fused-ring (bicyclic) bond motifs is 3. The van der Waals surface area contributed by atoms with E-state index in [1.54, 1.807) is 28.3 Å². The van der Waals surface area contributed by atoms with Gasteiger partial charge in [-0.25, -0.2) is 4.79 Å². The van der Waals surface area contributed by atoms with Crippen LogP contribution in [0.3, 0.4) is 0 Å². The highest BCUT2D eigenvalue weighted by Gasteiger charge is 2.57. The summed E-state index contributed by atoms with van der Waals surface area (Å²) in [7, 11) is 0.0897. The average Bonchev–Trinajstić information content (AvgIpc) is 3.43. The Kier molecular flexibility index (Phi) is 24.8. The van der Waals surface area contributed by atoms with Gasteiger partial charge in [-0.1, -0.05) is 117 Å². The number of carbonyl (C=O) groups is 4. The molecule has 0 radical (unpaired) electrons. The van der Waals surface area contributed by atoms with Gasteiger partial charge in [-0.3, -0.25) is 14.4 Å². The molecule has 0 aromatic heterocycles. The minimum atomic E-state index is -2.60. The predicted octanol–water partition coefficient (Wildman–Crippen LogP) is 12.4. The first kappa shape index (κ1) is 67.9. The summed E-state index contributed by atoms with van der Waals surface area (Å²) in [5.74, 6) is -7.03. The van der Waals surface area contributed by atoms with Gasteiger partial charge in [0.1, 0.15) is 24.0 Å². The summed E-state index contributed by atoms with van der Waals surface area (Å²) in [5, 5.41) is 23.7. The zero-order valence-electron chi connectivity index (χ0n) is 52.4. The van der Waals surface area contributed by atoms with Crippen molar-refractivity contribution in [2.75, 3.05) is 27.9 Å². The Morgan fingerprint density at radius 2 is 1.51 bits per heavy atom. The molecule has 2 bridgehead atoms. The number of amides is 1. The lowest BCUT2D eigenvalue weighted by atomic mass is 9.73. The van der Waals surface area contributed by atoms with Crippen LogP contribution in [0.15, 0.2) is 53.6 Å². The molecular formula is C64H107NO13Si2. The molecule has 3 aliphatic heterocycles. The lowest BCUT2D eigenvalue weighted by molar-refractivity contribution is -0.302. The van der Waals surface area contributed by atoms with E-state index in [9.17, 15) is 24.6 Å². The number of carbonyl (C=O) groups excluding carboxylic acids is 4. The highest BCUT2D eigenvalue weighted by molar-refractivity contribution is 6.74. The van der Waals surface area contributed by atoms with Gasteiger partial charge in [-0.05, 0) is 150 Å². The number of methoxy groups -OCH3 is 3. The highest BCUT2D eigenvalue weighted by Crippen LogP contribution is 2.47. The molecule has 4 aliphatic rings. The van der Waals surface area contributed by atoms with Gasteiger partial charge in [0.15, 0.2) is 16.6 Å². The van der Waals surface area contributed by atoms with Crippen molar-refractivity contribution in [1.29, 1.82) is 0 Å². The number of ketones is 2. The van der Waals surface area contributed by atoms with Gasteiger partial charge in [0.25, 0.3) is 11.7 Å². The quantitative estimate of drug-likeness (QED) is 0.0653. The van der Waals surface area contributed by atoms with Crippen molar-refractivity contribution in [2.24, 2.45) is 29.6 Å². The van der Waals surface area contributed by atoms with E-state index in [0.29, 0.717) is 57.8 Å². The lowest BCUT2D eigenvalue weighted by Gasteiger charge is -2.50. The van der Waals surface area contributed by atoms with Gasteiger partial charge >= 0.3 is 5.97 Å². The van der Waals surface area contributed by atoms with E-state index in [-0.39, 0.29) is 54.6 Å². The van der Waals surface area contributed by atoms with Crippen molar-refractivity contribution in [3.8, 4) is 0 Å². The zero-order valence-corrected chi connectivity index (χ0v) is 54.4. The molecule has 3 heterocycles.